The number of methoxy groups -OCH3 is 1. The summed E-state index contributed by atoms with van der Waals surface area (Å²) in [4.78, 5) is 4.36. The third kappa shape index (κ3) is 3.76. The molecule has 0 bridgehead atoms. The van der Waals surface area contributed by atoms with Crippen molar-refractivity contribution in [3.05, 3.63) is 11.7 Å². The smallest absolute Gasteiger partial charge is 0.243 e. The van der Waals surface area contributed by atoms with Gasteiger partial charge in [0.05, 0.1) is 12.6 Å². The van der Waals surface area contributed by atoms with E-state index < -0.39 is 0 Å². The number of aromatic nitrogens is 2. The molecule has 1 unspecified atom stereocenters. The number of nitrogens with one attached hydrogen (secondary N) is 1. The van der Waals surface area contributed by atoms with Crippen LogP contribution in [0.15, 0.2) is 4.52 Å². The number of hydrogen-bond acceptors (Lipinski definition) is 6. The lowest BCUT2D eigenvalue weighted by atomic mass is 10.1. The maximum Gasteiger partial charge on any atom is 0.243 e. The molecule has 0 spiro atoms. The standard InChI is InChI=1S/C12H21N3O3/c1-9(13-10-3-7-17-8-4-10)12-14-11(15-18-12)5-6-16-2/h9-10,13H,3-8H2,1-2H3. The van der Waals surface area contributed by atoms with Gasteiger partial charge in [0.25, 0.3) is 0 Å². The molecular formula is C12H21N3O3. The lowest BCUT2D eigenvalue weighted by molar-refractivity contribution is 0.0742. The monoisotopic (exact) mass is 255 g/mol. The molecule has 18 heavy (non-hydrogen) atoms. The van der Waals surface area contributed by atoms with Crippen LogP contribution >= 0.6 is 0 Å². The molecule has 6 nitrogen and oxygen atoms in total. The second kappa shape index (κ2) is 6.82. The maximum atomic E-state index is 5.33. The van der Waals surface area contributed by atoms with Gasteiger partial charge in [-0.3, -0.25) is 0 Å². The van der Waals surface area contributed by atoms with E-state index in [1.54, 1.807) is 7.11 Å². The van der Waals surface area contributed by atoms with Crippen molar-refractivity contribution < 1.29 is 14.0 Å². The molecule has 1 N–H and O–H groups in total. The van der Waals surface area contributed by atoms with E-state index in [2.05, 4.69) is 15.5 Å². The molecule has 2 rings (SSSR count). The van der Waals surface area contributed by atoms with Gasteiger partial charge in [-0.1, -0.05) is 5.16 Å². The Labute approximate surface area is 107 Å². The van der Waals surface area contributed by atoms with E-state index in [0.29, 0.717) is 30.8 Å². The van der Waals surface area contributed by atoms with E-state index in [-0.39, 0.29) is 6.04 Å². The summed E-state index contributed by atoms with van der Waals surface area (Å²) in [5, 5.41) is 7.43. The van der Waals surface area contributed by atoms with Gasteiger partial charge < -0.3 is 19.3 Å². The zero-order chi connectivity index (χ0) is 12.8. The van der Waals surface area contributed by atoms with Crippen molar-refractivity contribution in [2.24, 2.45) is 0 Å². The fourth-order valence-corrected chi connectivity index (χ4v) is 2.03. The highest BCUT2D eigenvalue weighted by Gasteiger charge is 2.20. The summed E-state index contributed by atoms with van der Waals surface area (Å²) in [6.45, 7) is 4.31. The summed E-state index contributed by atoms with van der Waals surface area (Å²) < 4.78 is 15.6. The van der Waals surface area contributed by atoms with Crippen LogP contribution in [0, 0.1) is 0 Å². The molecule has 0 saturated carbocycles. The minimum atomic E-state index is 0.0805. The molecule has 0 radical (unpaired) electrons. The highest BCUT2D eigenvalue weighted by molar-refractivity contribution is 4.92. The average Bonchev–Trinajstić information content (AvgIpc) is 2.86. The summed E-state index contributed by atoms with van der Waals surface area (Å²) in [6, 6.07) is 0.556. The number of rotatable bonds is 6. The highest BCUT2D eigenvalue weighted by atomic mass is 16.5. The van der Waals surface area contributed by atoms with Gasteiger partial charge in [0.2, 0.25) is 5.89 Å². The zero-order valence-corrected chi connectivity index (χ0v) is 11.0. The van der Waals surface area contributed by atoms with Crippen LogP contribution in [0.4, 0.5) is 0 Å². The Balaban J connectivity index is 1.83. The van der Waals surface area contributed by atoms with Gasteiger partial charge in [-0.15, -0.1) is 0 Å². The first-order valence-corrected chi connectivity index (χ1v) is 6.45. The first-order chi connectivity index (χ1) is 8.79. The van der Waals surface area contributed by atoms with Crippen molar-refractivity contribution in [2.45, 2.75) is 38.3 Å². The van der Waals surface area contributed by atoms with Gasteiger partial charge in [-0.25, -0.2) is 0 Å². The second-order valence-electron chi connectivity index (χ2n) is 4.57. The number of nitrogens with zero attached hydrogens (tertiary/aromatic N) is 2. The van der Waals surface area contributed by atoms with Gasteiger partial charge in [-0.2, -0.15) is 4.98 Å². The minimum Gasteiger partial charge on any atom is -0.384 e. The predicted octanol–water partition coefficient (Wildman–Crippen LogP) is 1.09. The molecule has 1 aromatic rings. The normalized spacial score (nSPS) is 19.0. The SMILES string of the molecule is COCCc1noc(C(C)NC2CCOCC2)n1. The Hall–Kier alpha value is -0.980. The van der Waals surface area contributed by atoms with E-state index in [1.165, 1.54) is 0 Å². The Bertz CT molecular complexity index is 350. The summed E-state index contributed by atoms with van der Waals surface area (Å²) in [6.07, 6.45) is 2.76. The molecule has 0 aromatic carbocycles. The molecule has 1 fully saturated rings. The van der Waals surface area contributed by atoms with Crippen LogP contribution in [0.1, 0.15) is 37.5 Å². The van der Waals surface area contributed by atoms with Gasteiger partial charge in [0.1, 0.15) is 0 Å². The van der Waals surface area contributed by atoms with Crippen molar-refractivity contribution in [1.29, 1.82) is 0 Å². The third-order valence-electron chi connectivity index (χ3n) is 3.09. The largest absolute Gasteiger partial charge is 0.384 e. The van der Waals surface area contributed by atoms with Crippen molar-refractivity contribution in [1.82, 2.24) is 15.5 Å². The van der Waals surface area contributed by atoms with Crippen molar-refractivity contribution in [2.75, 3.05) is 26.9 Å². The predicted molar refractivity (Wildman–Crippen MR) is 65.3 cm³/mol. The van der Waals surface area contributed by atoms with Crippen LogP contribution in [0.25, 0.3) is 0 Å². The molecule has 0 aliphatic carbocycles. The molecule has 1 aliphatic heterocycles. The highest BCUT2D eigenvalue weighted by Crippen LogP contribution is 2.15. The Morgan fingerprint density at radius 2 is 2.22 bits per heavy atom. The number of ether oxygens (including phenoxy) is 2. The van der Waals surface area contributed by atoms with Crippen LogP contribution in [0.5, 0.6) is 0 Å². The van der Waals surface area contributed by atoms with Crippen molar-refractivity contribution in [3.63, 3.8) is 0 Å². The number of hydrogen-bond donors (Lipinski definition) is 1. The quantitative estimate of drug-likeness (QED) is 0.820. The fraction of sp³-hybridized carbons (Fsp3) is 0.833. The molecule has 2 heterocycles. The lowest BCUT2D eigenvalue weighted by Crippen LogP contribution is -2.36. The Morgan fingerprint density at radius 1 is 1.44 bits per heavy atom. The third-order valence-corrected chi connectivity index (χ3v) is 3.09. The van der Waals surface area contributed by atoms with Gasteiger partial charge in [0, 0.05) is 32.8 Å². The molecule has 1 atom stereocenters. The Morgan fingerprint density at radius 3 is 2.94 bits per heavy atom. The van der Waals surface area contributed by atoms with E-state index in [1.807, 2.05) is 6.92 Å². The van der Waals surface area contributed by atoms with Crippen LogP contribution in [-0.2, 0) is 15.9 Å². The van der Waals surface area contributed by atoms with Gasteiger partial charge in [0.15, 0.2) is 5.82 Å². The zero-order valence-electron chi connectivity index (χ0n) is 11.0. The van der Waals surface area contributed by atoms with E-state index in [9.17, 15) is 0 Å². The summed E-state index contributed by atoms with van der Waals surface area (Å²) >= 11 is 0. The molecule has 1 saturated heterocycles. The van der Waals surface area contributed by atoms with Crippen molar-refractivity contribution >= 4 is 0 Å². The average molecular weight is 255 g/mol. The lowest BCUT2D eigenvalue weighted by Gasteiger charge is -2.25. The molecular weight excluding hydrogens is 234 g/mol. The minimum absolute atomic E-state index is 0.0805. The van der Waals surface area contributed by atoms with Gasteiger partial charge in [-0.05, 0) is 19.8 Å². The first-order valence-electron chi connectivity index (χ1n) is 6.45. The Kier molecular flexibility index (Phi) is 5.10. The molecule has 102 valence electrons. The molecule has 6 heteroatoms. The second-order valence-corrected chi connectivity index (χ2v) is 4.57. The van der Waals surface area contributed by atoms with Crippen LogP contribution in [0.3, 0.4) is 0 Å². The maximum absolute atomic E-state index is 5.33. The van der Waals surface area contributed by atoms with E-state index >= 15 is 0 Å². The van der Waals surface area contributed by atoms with Crippen LogP contribution in [0.2, 0.25) is 0 Å². The first kappa shape index (κ1) is 13.5. The molecule has 1 aliphatic rings. The molecule has 1 aromatic heterocycles. The summed E-state index contributed by atoms with van der Waals surface area (Å²) in [7, 11) is 1.66. The van der Waals surface area contributed by atoms with Crippen LogP contribution in [-0.4, -0.2) is 43.1 Å². The van der Waals surface area contributed by atoms with Gasteiger partial charge >= 0.3 is 0 Å². The van der Waals surface area contributed by atoms with E-state index in [4.69, 9.17) is 14.0 Å². The van der Waals surface area contributed by atoms with Crippen LogP contribution < -0.4 is 5.32 Å². The fourth-order valence-electron chi connectivity index (χ4n) is 2.03. The molecule has 0 amide bonds. The van der Waals surface area contributed by atoms with E-state index in [0.717, 1.165) is 26.1 Å². The summed E-state index contributed by atoms with van der Waals surface area (Å²) in [5.74, 6) is 1.35. The summed E-state index contributed by atoms with van der Waals surface area (Å²) in [5.41, 5.74) is 0. The van der Waals surface area contributed by atoms with Crippen molar-refractivity contribution in [3.8, 4) is 0 Å². The topological polar surface area (TPSA) is 69.4 Å².